The summed E-state index contributed by atoms with van der Waals surface area (Å²) in [6, 6.07) is 9.58. The molecular weight excluding hydrogens is 1260 g/mol. The van der Waals surface area contributed by atoms with Gasteiger partial charge < -0.3 is 0 Å². The van der Waals surface area contributed by atoms with Crippen molar-refractivity contribution in [2.24, 2.45) is 23.7 Å². The van der Waals surface area contributed by atoms with E-state index >= 15 is 8.78 Å². The van der Waals surface area contributed by atoms with Gasteiger partial charge in [0.1, 0.15) is 11.0 Å². The Morgan fingerprint density at radius 3 is 0.811 bits per heavy atom. The van der Waals surface area contributed by atoms with Crippen molar-refractivity contribution in [1.82, 2.24) is 8.75 Å². The third kappa shape index (κ3) is 29.7. The van der Waals surface area contributed by atoms with E-state index in [2.05, 4.69) is 90.4 Å². The van der Waals surface area contributed by atoms with Crippen LogP contribution in [0.3, 0.4) is 0 Å². The summed E-state index contributed by atoms with van der Waals surface area (Å²) >= 11 is 8.27. The van der Waals surface area contributed by atoms with Gasteiger partial charge in [0.15, 0.2) is 11.6 Å². The largest absolute Gasteiger partial charge is 0.203 e. The Kier molecular flexibility index (Phi) is 43.1. The minimum absolute atomic E-state index is 0.308. The van der Waals surface area contributed by atoms with Gasteiger partial charge in [-0.05, 0) is 107 Å². The lowest BCUT2D eigenvalue weighted by Gasteiger charge is -2.18. The van der Waals surface area contributed by atoms with Gasteiger partial charge in [-0.3, -0.25) is 0 Å². The topological polar surface area (TPSA) is 25.8 Å². The molecule has 3 unspecified atom stereocenters. The molecule has 0 saturated heterocycles. The molecule has 3 atom stereocenters. The summed E-state index contributed by atoms with van der Waals surface area (Å²) in [4.78, 5) is 6.70. The van der Waals surface area contributed by atoms with E-state index in [0.29, 0.717) is 45.8 Å². The van der Waals surface area contributed by atoms with Gasteiger partial charge in [0.2, 0.25) is 0 Å². The van der Waals surface area contributed by atoms with Crippen molar-refractivity contribution in [2.45, 2.75) is 389 Å². The van der Waals surface area contributed by atoms with E-state index in [0.717, 1.165) is 47.2 Å². The second kappa shape index (κ2) is 50.1. The summed E-state index contributed by atoms with van der Waals surface area (Å²) in [5.41, 5.74) is 7.18. The maximum absolute atomic E-state index is 18.2. The lowest BCUT2D eigenvalue weighted by atomic mass is 9.88. The fourth-order valence-corrected chi connectivity index (χ4v) is 20.6. The molecule has 0 aliphatic rings. The predicted molar refractivity (Wildman–Crippen MR) is 426 cm³/mol. The molecule has 2 nitrogen and oxygen atoms in total. The van der Waals surface area contributed by atoms with Crippen LogP contribution in [0.1, 0.15) is 386 Å². The van der Waals surface area contributed by atoms with E-state index in [1.807, 2.05) is 22.7 Å². The zero-order chi connectivity index (χ0) is 67.5. The van der Waals surface area contributed by atoms with E-state index in [9.17, 15) is 0 Å². The van der Waals surface area contributed by atoms with Crippen molar-refractivity contribution in [3.63, 3.8) is 0 Å². The molecule has 0 bridgehead atoms. The van der Waals surface area contributed by atoms with Crippen LogP contribution in [-0.2, 0) is 25.7 Å². The molecule has 0 amide bonds. The monoisotopic (exact) mass is 1400 g/mol. The zero-order valence-electron chi connectivity index (χ0n) is 62.2. The Morgan fingerprint density at radius 2 is 0.537 bits per heavy atom. The number of aromatic nitrogens is 2. The van der Waals surface area contributed by atoms with E-state index < -0.39 is 11.6 Å². The van der Waals surface area contributed by atoms with Crippen LogP contribution in [0.4, 0.5) is 8.78 Å². The van der Waals surface area contributed by atoms with Gasteiger partial charge in [0.05, 0.1) is 22.9 Å². The van der Waals surface area contributed by atoms with Crippen LogP contribution >= 0.6 is 57.1 Å². The fraction of sp³-hybridized carbons (Fsp3) is 0.744. The summed E-state index contributed by atoms with van der Waals surface area (Å²) in [6.07, 6.45) is 66.7. The molecule has 0 fully saturated rings. The number of halogens is 2. The Morgan fingerprint density at radius 1 is 0.295 bits per heavy atom. The highest BCUT2D eigenvalue weighted by Crippen LogP contribution is 2.50. The van der Waals surface area contributed by atoms with Crippen molar-refractivity contribution in [1.29, 1.82) is 0 Å². The van der Waals surface area contributed by atoms with Crippen LogP contribution in [0.5, 0.6) is 0 Å². The number of fused-ring (bicyclic) bond motifs is 1. The average Bonchev–Trinajstić information content (AvgIpc) is 1.64. The summed E-state index contributed by atoms with van der Waals surface area (Å²) in [5, 5.41) is 4.89. The Hall–Kier alpha value is -2.30. The van der Waals surface area contributed by atoms with Crippen molar-refractivity contribution in [3.05, 3.63) is 68.9 Å². The SMILES string of the molecule is CCCCCCCCC(CCCCCC)Cc1cc(-c2c(F)c(F)c(-c3cc(CC(CCCCCCCC)CCCCCCCC)c(-c4cc(CC(CCCCCC)CCCCCCC)cs4)s3)c3nsnc23)sc1-c1cc(CC(CCCCCC)CCCCCCC)cs1. The van der Waals surface area contributed by atoms with Gasteiger partial charge in [-0.1, -0.05) is 364 Å². The molecular formula is C86H138F2N2S5. The molecule has 0 aliphatic heterocycles. The number of hydrogen-bond donors (Lipinski definition) is 0. The molecule has 5 aromatic heterocycles. The van der Waals surface area contributed by atoms with E-state index in [-0.39, 0.29) is 0 Å². The summed E-state index contributed by atoms with van der Waals surface area (Å²) in [6.45, 7) is 18.5. The van der Waals surface area contributed by atoms with Crippen molar-refractivity contribution in [3.8, 4) is 40.4 Å². The van der Waals surface area contributed by atoms with Crippen molar-refractivity contribution in [2.75, 3.05) is 0 Å². The lowest BCUT2D eigenvalue weighted by molar-refractivity contribution is 0.401. The third-order valence-corrected chi connectivity index (χ3v) is 26.5. The highest BCUT2D eigenvalue weighted by Gasteiger charge is 2.30. The Bertz CT molecular complexity index is 2850. The molecule has 0 spiro atoms. The van der Waals surface area contributed by atoms with Gasteiger partial charge in [0, 0.05) is 29.3 Å². The Balaban J connectivity index is 1.43. The molecule has 1 aromatic carbocycles. The smallest absolute Gasteiger partial charge is 0.170 e. The fourth-order valence-electron chi connectivity index (χ4n) is 15.4. The Labute approximate surface area is 603 Å². The molecule has 0 aliphatic carbocycles. The molecule has 5 heterocycles. The highest BCUT2D eigenvalue weighted by atomic mass is 32.1. The van der Waals surface area contributed by atoms with E-state index in [1.54, 1.807) is 22.7 Å². The van der Waals surface area contributed by atoms with Crippen molar-refractivity contribution < 1.29 is 8.78 Å². The summed E-state index contributed by atoms with van der Waals surface area (Å²) < 4.78 is 46.3. The average molecular weight is 1400 g/mol. The number of unbranched alkanes of at least 4 members (excludes halogenated alkanes) is 32. The number of rotatable bonds is 60. The van der Waals surface area contributed by atoms with E-state index in [4.69, 9.17) is 8.75 Å². The number of nitrogens with zero attached hydrogens (tertiary/aromatic N) is 2. The van der Waals surface area contributed by atoms with Crippen LogP contribution in [0.15, 0.2) is 35.0 Å². The second-order valence-corrected chi connectivity index (χ2v) is 34.3. The molecule has 6 aromatic rings. The van der Waals surface area contributed by atoms with Crippen LogP contribution in [0, 0.1) is 35.3 Å². The first kappa shape index (κ1) is 81.7. The van der Waals surface area contributed by atoms with Crippen LogP contribution < -0.4 is 0 Å². The maximum Gasteiger partial charge on any atom is 0.170 e. The lowest BCUT2D eigenvalue weighted by Crippen LogP contribution is -2.06. The van der Waals surface area contributed by atoms with Gasteiger partial charge in [-0.2, -0.15) is 8.75 Å². The third-order valence-electron chi connectivity index (χ3n) is 21.3. The minimum atomic E-state index is -0.766. The molecule has 0 saturated carbocycles. The first-order valence-corrected chi connectivity index (χ1v) is 44.9. The molecule has 536 valence electrons. The first-order chi connectivity index (χ1) is 46.7. The number of benzene rings is 1. The first-order valence-electron chi connectivity index (χ1n) is 40.7. The molecule has 0 radical (unpaired) electrons. The molecule has 95 heavy (non-hydrogen) atoms. The van der Waals surface area contributed by atoms with Gasteiger partial charge >= 0.3 is 0 Å². The normalized spacial score (nSPS) is 13.0. The maximum atomic E-state index is 18.2. The predicted octanol–water partition coefficient (Wildman–Crippen LogP) is 32.4. The molecule has 0 N–H and O–H groups in total. The van der Waals surface area contributed by atoms with Crippen LogP contribution in [0.25, 0.3) is 51.4 Å². The van der Waals surface area contributed by atoms with Gasteiger partial charge in [0.25, 0.3) is 0 Å². The second-order valence-electron chi connectivity index (χ2n) is 29.8. The van der Waals surface area contributed by atoms with Crippen LogP contribution in [0.2, 0.25) is 0 Å². The van der Waals surface area contributed by atoms with Crippen molar-refractivity contribution >= 4 is 68.1 Å². The number of hydrogen-bond acceptors (Lipinski definition) is 7. The minimum Gasteiger partial charge on any atom is -0.203 e. The molecule has 6 rings (SSSR count). The molecule has 9 heteroatoms. The quantitative estimate of drug-likeness (QED) is 0.0356. The van der Waals surface area contributed by atoms with E-state index in [1.165, 1.54) is 350 Å². The highest BCUT2D eigenvalue weighted by molar-refractivity contribution is 7.24. The number of thiophene rings is 4. The van der Waals surface area contributed by atoms with Gasteiger partial charge in [-0.25, -0.2) is 8.78 Å². The zero-order valence-corrected chi connectivity index (χ0v) is 66.3. The summed E-state index contributed by atoms with van der Waals surface area (Å²) in [5.74, 6) is 0.980. The van der Waals surface area contributed by atoms with Gasteiger partial charge in [-0.15, -0.1) is 45.3 Å². The van der Waals surface area contributed by atoms with Crippen LogP contribution in [-0.4, -0.2) is 8.75 Å². The summed E-state index contributed by atoms with van der Waals surface area (Å²) in [7, 11) is 0. The standard InChI is InChI=1S/C86H138F2N2S5/c1-9-17-25-33-38-46-54-69(53-43-32-24-16-8)59-73-63-75(93-85(73)77-61-71(65-91-77)57-67(49-41-30-22-14-6)51-44-36-28-20-12-4)79-81(87)82(88)80(84-83(79)89-95-90-84)76-64-74(60-70(55-47-39-34-26-18-10-2)56-48-40-35-27-19-11-3)86(94-76)78-62-72(66-92-78)58-68(50-42-31-23-15-7)52-45-37-29-21-13-5/h61-70H,9-60H2,1-8H3.